The van der Waals surface area contributed by atoms with Crippen LogP contribution in [0.4, 0.5) is 0 Å². The predicted octanol–water partition coefficient (Wildman–Crippen LogP) is 0.901. The summed E-state index contributed by atoms with van der Waals surface area (Å²) < 4.78 is 0. The minimum Gasteiger partial charge on any atom is -0.302 e. The highest BCUT2D eigenvalue weighted by Crippen LogP contribution is 1.94. The molecule has 0 aliphatic carbocycles. The summed E-state index contributed by atoms with van der Waals surface area (Å²) in [6.45, 7) is 2.59. The van der Waals surface area contributed by atoms with Gasteiger partial charge in [-0.1, -0.05) is 12.8 Å². The molecule has 0 rings (SSSR count). The Bertz CT molecular complexity index is 150. The first-order valence-electron chi connectivity index (χ1n) is 3.39. The molecule has 0 saturated carbocycles. The van der Waals surface area contributed by atoms with Crippen molar-refractivity contribution in [2.24, 2.45) is 0 Å². The van der Waals surface area contributed by atoms with Gasteiger partial charge in [0.25, 0.3) is 0 Å². The van der Waals surface area contributed by atoms with E-state index in [9.17, 15) is 0 Å². The Morgan fingerprint density at radius 3 is 2.80 bits per heavy atom. The smallest absolute Gasteiger partial charge is 0.0638 e. The lowest BCUT2D eigenvalue weighted by atomic mass is 10.2. The van der Waals surface area contributed by atoms with E-state index in [1.807, 2.05) is 6.92 Å². The Morgan fingerprint density at radius 1 is 1.70 bits per heavy atom. The van der Waals surface area contributed by atoms with E-state index in [-0.39, 0.29) is 6.04 Å². The average molecular weight is 136 g/mol. The molecule has 10 heavy (non-hydrogen) atoms. The highest BCUT2D eigenvalue weighted by molar-refractivity contribution is 4.89. The minimum absolute atomic E-state index is 0.265. The van der Waals surface area contributed by atoms with Crippen LogP contribution in [-0.4, -0.2) is 12.6 Å². The van der Waals surface area contributed by atoms with Gasteiger partial charge in [-0.15, -0.1) is 6.42 Å². The molecule has 1 unspecified atom stereocenters. The summed E-state index contributed by atoms with van der Waals surface area (Å²) in [4.78, 5) is 0. The fourth-order valence-corrected chi connectivity index (χ4v) is 0.674. The van der Waals surface area contributed by atoms with Crippen LogP contribution in [0.1, 0.15) is 19.8 Å². The van der Waals surface area contributed by atoms with Gasteiger partial charge in [-0.3, -0.25) is 0 Å². The van der Waals surface area contributed by atoms with Gasteiger partial charge in [0.05, 0.1) is 19.0 Å². The van der Waals surface area contributed by atoms with E-state index in [2.05, 4.69) is 17.3 Å². The molecular weight excluding hydrogens is 124 g/mol. The zero-order valence-corrected chi connectivity index (χ0v) is 6.22. The summed E-state index contributed by atoms with van der Waals surface area (Å²) >= 11 is 0. The molecule has 0 aromatic rings. The van der Waals surface area contributed by atoms with Crippen molar-refractivity contribution >= 4 is 0 Å². The Labute approximate surface area is 62.2 Å². The molecule has 54 valence electrons. The molecule has 0 spiro atoms. The number of nitrogens with one attached hydrogen (secondary N) is 1. The van der Waals surface area contributed by atoms with Crippen molar-refractivity contribution in [3.63, 3.8) is 0 Å². The van der Waals surface area contributed by atoms with Crippen molar-refractivity contribution in [1.82, 2.24) is 5.32 Å². The number of nitriles is 1. The van der Waals surface area contributed by atoms with Gasteiger partial charge in [0, 0.05) is 6.04 Å². The Morgan fingerprint density at radius 2 is 2.40 bits per heavy atom. The standard InChI is InChI=1S/C8H12N2/c1-3-7-10-8(4-2)5-6-9/h1,8,10H,4-5,7H2,2H3. The fraction of sp³-hybridized carbons (Fsp3) is 0.625. The highest BCUT2D eigenvalue weighted by Gasteiger charge is 2.01. The summed E-state index contributed by atoms with van der Waals surface area (Å²) in [5.41, 5.74) is 0. The first kappa shape index (κ1) is 9.01. The minimum atomic E-state index is 0.265. The normalized spacial score (nSPS) is 11.5. The van der Waals surface area contributed by atoms with Gasteiger partial charge in [0.15, 0.2) is 0 Å². The zero-order chi connectivity index (χ0) is 7.82. The fourth-order valence-electron chi connectivity index (χ4n) is 0.674. The molecule has 0 amide bonds. The molecule has 2 nitrogen and oxygen atoms in total. The molecule has 0 aromatic heterocycles. The maximum absolute atomic E-state index is 8.33. The van der Waals surface area contributed by atoms with Crippen LogP contribution in [0.25, 0.3) is 0 Å². The largest absolute Gasteiger partial charge is 0.302 e. The lowest BCUT2D eigenvalue weighted by Crippen LogP contribution is -2.28. The molecule has 0 fully saturated rings. The van der Waals surface area contributed by atoms with Crippen LogP contribution in [0, 0.1) is 23.7 Å². The van der Waals surface area contributed by atoms with E-state index in [4.69, 9.17) is 11.7 Å². The molecule has 2 heteroatoms. The van der Waals surface area contributed by atoms with Gasteiger partial charge in [-0.05, 0) is 6.42 Å². The Kier molecular flexibility index (Phi) is 5.53. The zero-order valence-electron chi connectivity index (χ0n) is 6.22. The van der Waals surface area contributed by atoms with Crippen molar-refractivity contribution in [1.29, 1.82) is 5.26 Å². The van der Waals surface area contributed by atoms with E-state index in [1.165, 1.54) is 0 Å². The number of hydrogen-bond acceptors (Lipinski definition) is 2. The van der Waals surface area contributed by atoms with Crippen LogP contribution in [0.5, 0.6) is 0 Å². The second-order valence-electron chi connectivity index (χ2n) is 2.05. The third kappa shape index (κ3) is 3.95. The first-order valence-corrected chi connectivity index (χ1v) is 3.39. The lowest BCUT2D eigenvalue weighted by molar-refractivity contribution is 0.538. The second kappa shape index (κ2) is 6.13. The van der Waals surface area contributed by atoms with Crippen molar-refractivity contribution < 1.29 is 0 Å². The van der Waals surface area contributed by atoms with Gasteiger partial charge >= 0.3 is 0 Å². The molecule has 1 N–H and O–H groups in total. The predicted molar refractivity (Wildman–Crippen MR) is 41.1 cm³/mol. The van der Waals surface area contributed by atoms with Gasteiger partial charge in [-0.2, -0.15) is 5.26 Å². The van der Waals surface area contributed by atoms with Crippen molar-refractivity contribution in [3.8, 4) is 18.4 Å². The maximum Gasteiger partial charge on any atom is 0.0638 e. The number of hydrogen-bond donors (Lipinski definition) is 1. The van der Waals surface area contributed by atoms with Crippen molar-refractivity contribution in [3.05, 3.63) is 0 Å². The van der Waals surface area contributed by atoms with Crippen molar-refractivity contribution in [2.75, 3.05) is 6.54 Å². The summed E-state index contributed by atoms with van der Waals surface area (Å²) in [6, 6.07) is 2.36. The summed E-state index contributed by atoms with van der Waals surface area (Å²) in [6.07, 6.45) is 6.53. The van der Waals surface area contributed by atoms with Crippen LogP contribution >= 0.6 is 0 Å². The van der Waals surface area contributed by atoms with Crippen LogP contribution in [0.2, 0.25) is 0 Å². The lowest BCUT2D eigenvalue weighted by Gasteiger charge is -2.09. The van der Waals surface area contributed by atoms with Crippen molar-refractivity contribution in [2.45, 2.75) is 25.8 Å². The van der Waals surface area contributed by atoms with E-state index < -0.39 is 0 Å². The Hall–Kier alpha value is -0.990. The van der Waals surface area contributed by atoms with Gasteiger partial charge < -0.3 is 5.32 Å². The molecule has 0 heterocycles. The number of terminal acetylenes is 1. The van der Waals surface area contributed by atoms with Crippen LogP contribution in [0.15, 0.2) is 0 Å². The third-order valence-corrected chi connectivity index (χ3v) is 1.32. The summed E-state index contributed by atoms with van der Waals surface area (Å²) in [5, 5.41) is 11.4. The van der Waals surface area contributed by atoms with E-state index >= 15 is 0 Å². The highest BCUT2D eigenvalue weighted by atomic mass is 14.9. The van der Waals surface area contributed by atoms with E-state index in [1.54, 1.807) is 0 Å². The van der Waals surface area contributed by atoms with Gasteiger partial charge in [0.2, 0.25) is 0 Å². The monoisotopic (exact) mass is 136 g/mol. The van der Waals surface area contributed by atoms with Crippen LogP contribution < -0.4 is 5.32 Å². The second-order valence-corrected chi connectivity index (χ2v) is 2.05. The number of rotatable bonds is 4. The average Bonchev–Trinajstić information content (AvgIpc) is 1.98. The molecule has 0 aromatic carbocycles. The SMILES string of the molecule is C#CCNC(CC)CC#N. The molecule has 0 aliphatic heterocycles. The topological polar surface area (TPSA) is 35.8 Å². The summed E-state index contributed by atoms with van der Waals surface area (Å²) in [5.74, 6) is 2.47. The molecule has 0 aliphatic rings. The van der Waals surface area contributed by atoms with Gasteiger partial charge in [-0.25, -0.2) is 0 Å². The number of nitrogens with zero attached hydrogens (tertiary/aromatic N) is 1. The third-order valence-electron chi connectivity index (χ3n) is 1.32. The van der Waals surface area contributed by atoms with E-state index in [0.29, 0.717) is 13.0 Å². The van der Waals surface area contributed by atoms with E-state index in [0.717, 1.165) is 6.42 Å². The molecule has 0 radical (unpaired) electrons. The Balaban J connectivity index is 3.44. The molecule has 1 atom stereocenters. The van der Waals surface area contributed by atoms with Crippen LogP contribution in [0.3, 0.4) is 0 Å². The molecular formula is C8H12N2. The molecule has 0 bridgehead atoms. The summed E-state index contributed by atoms with van der Waals surface area (Å²) in [7, 11) is 0. The maximum atomic E-state index is 8.33. The van der Waals surface area contributed by atoms with Gasteiger partial charge in [0.1, 0.15) is 0 Å². The quantitative estimate of drug-likeness (QED) is 0.583. The molecule has 0 saturated heterocycles. The van der Waals surface area contributed by atoms with Crippen LogP contribution in [-0.2, 0) is 0 Å². The first-order chi connectivity index (χ1) is 4.85.